The maximum absolute atomic E-state index is 11.9. The molecule has 0 saturated carbocycles. The molecule has 7 heteroatoms. The quantitative estimate of drug-likeness (QED) is 0.802. The Morgan fingerprint density at radius 2 is 2.06 bits per heavy atom. The van der Waals surface area contributed by atoms with Crippen LogP contribution >= 0.6 is 0 Å². The fourth-order valence-electron chi connectivity index (χ4n) is 1.30. The Hall–Kier alpha value is -2.31. The summed E-state index contributed by atoms with van der Waals surface area (Å²) in [5.74, 6) is -0.545. The number of nitrogens with zero attached hydrogens (tertiary/aromatic N) is 4. The van der Waals surface area contributed by atoms with E-state index < -0.39 is 11.6 Å². The van der Waals surface area contributed by atoms with Gasteiger partial charge < -0.3 is 4.74 Å². The third kappa shape index (κ3) is 2.68. The first-order valence-corrected chi connectivity index (χ1v) is 5.38. The van der Waals surface area contributed by atoms with Gasteiger partial charge in [0.1, 0.15) is 17.0 Å². The van der Waals surface area contributed by atoms with E-state index in [1.807, 2.05) is 0 Å². The molecule has 2 heterocycles. The maximum atomic E-state index is 11.9. The van der Waals surface area contributed by atoms with Crippen LogP contribution in [0, 0.1) is 0 Å². The Labute approximate surface area is 104 Å². The van der Waals surface area contributed by atoms with Gasteiger partial charge in [0, 0.05) is 12.4 Å². The summed E-state index contributed by atoms with van der Waals surface area (Å²) >= 11 is 0. The summed E-state index contributed by atoms with van der Waals surface area (Å²) in [5.41, 5.74) is 0.310. The molecule has 0 amide bonds. The molecule has 2 aromatic heterocycles. The highest BCUT2D eigenvalue weighted by atomic mass is 16.6. The normalized spacial score (nSPS) is 11.3. The van der Waals surface area contributed by atoms with Crippen LogP contribution in [-0.4, -0.2) is 36.9 Å². The molecule has 0 aliphatic carbocycles. The first-order valence-electron chi connectivity index (χ1n) is 5.38. The van der Waals surface area contributed by atoms with Crippen LogP contribution in [0.4, 0.5) is 0 Å². The highest BCUT2D eigenvalue weighted by molar-refractivity contribution is 5.93. The number of hydrogen-bond donors (Lipinski definition) is 1. The first kappa shape index (κ1) is 12.2. The minimum atomic E-state index is -0.588. The zero-order chi connectivity index (χ0) is 13.2. The number of hydrogen-bond acceptors (Lipinski definition) is 6. The maximum Gasteiger partial charge on any atom is 0.361 e. The van der Waals surface area contributed by atoms with Gasteiger partial charge in [-0.25, -0.2) is 4.79 Å². The Balaban J connectivity index is 2.32. The van der Waals surface area contributed by atoms with Crippen molar-refractivity contribution >= 4 is 5.97 Å². The van der Waals surface area contributed by atoms with E-state index in [-0.39, 0.29) is 5.69 Å². The van der Waals surface area contributed by atoms with Crippen molar-refractivity contribution in [2.75, 3.05) is 0 Å². The number of esters is 1. The summed E-state index contributed by atoms with van der Waals surface area (Å²) in [7, 11) is 0. The van der Waals surface area contributed by atoms with Crippen LogP contribution in [0.15, 0.2) is 18.6 Å². The minimum absolute atomic E-state index is 0.102. The molecule has 0 aliphatic rings. The Kier molecular flexibility index (Phi) is 3.05. The summed E-state index contributed by atoms with van der Waals surface area (Å²) in [6.45, 7) is 5.35. The summed E-state index contributed by atoms with van der Waals surface area (Å²) < 4.78 is 5.23. The molecular formula is C11H13N5O2. The molecule has 0 unspecified atom stereocenters. The topological polar surface area (TPSA) is 93.7 Å². The van der Waals surface area contributed by atoms with Gasteiger partial charge in [-0.15, -0.1) is 5.10 Å². The van der Waals surface area contributed by atoms with Crippen LogP contribution in [0.25, 0.3) is 11.4 Å². The first-order chi connectivity index (χ1) is 8.47. The number of ether oxygens (including phenoxy) is 1. The Morgan fingerprint density at radius 3 is 2.67 bits per heavy atom. The van der Waals surface area contributed by atoms with E-state index in [1.54, 1.807) is 20.8 Å². The summed E-state index contributed by atoms with van der Waals surface area (Å²) in [5, 5.41) is 10.1. The van der Waals surface area contributed by atoms with Crippen molar-refractivity contribution in [2.24, 2.45) is 0 Å². The van der Waals surface area contributed by atoms with Gasteiger partial charge in [-0.2, -0.15) is 10.3 Å². The average molecular weight is 247 g/mol. The lowest BCUT2D eigenvalue weighted by Crippen LogP contribution is -2.24. The van der Waals surface area contributed by atoms with Gasteiger partial charge in [-0.1, -0.05) is 0 Å². The molecule has 0 radical (unpaired) electrons. The molecule has 94 valence electrons. The van der Waals surface area contributed by atoms with E-state index in [9.17, 15) is 4.79 Å². The van der Waals surface area contributed by atoms with Gasteiger partial charge in [0.05, 0.1) is 6.20 Å². The van der Waals surface area contributed by atoms with E-state index in [0.717, 1.165) is 0 Å². The van der Waals surface area contributed by atoms with Crippen LogP contribution in [0.1, 0.15) is 31.3 Å². The highest BCUT2D eigenvalue weighted by Crippen LogP contribution is 2.18. The van der Waals surface area contributed by atoms with E-state index in [2.05, 4.69) is 25.4 Å². The molecule has 1 N–H and O–H groups in total. The molecule has 0 atom stereocenters. The monoisotopic (exact) mass is 247 g/mol. The van der Waals surface area contributed by atoms with Gasteiger partial charge in [0.2, 0.25) is 0 Å². The lowest BCUT2D eigenvalue weighted by Gasteiger charge is -2.18. The van der Waals surface area contributed by atoms with Crippen molar-refractivity contribution in [2.45, 2.75) is 26.4 Å². The van der Waals surface area contributed by atoms with Crippen LogP contribution in [0.2, 0.25) is 0 Å². The molecule has 0 saturated heterocycles. The molecule has 0 bridgehead atoms. The molecule has 0 aromatic carbocycles. The molecule has 0 spiro atoms. The van der Waals surface area contributed by atoms with Gasteiger partial charge in [-0.3, -0.25) is 9.97 Å². The van der Waals surface area contributed by atoms with Crippen molar-refractivity contribution in [3.05, 3.63) is 24.3 Å². The molecule has 0 aliphatic heterocycles. The fourth-order valence-corrected chi connectivity index (χ4v) is 1.30. The predicted molar refractivity (Wildman–Crippen MR) is 62.6 cm³/mol. The molecular weight excluding hydrogens is 234 g/mol. The molecule has 18 heavy (non-hydrogen) atoms. The molecule has 0 fully saturated rings. The zero-order valence-corrected chi connectivity index (χ0v) is 10.3. The van der Waals surface area contributed by atoms with E-state index in [0.29, 0.717) is 11.4 Å². The molecule has 7 nitrogen and oxygen atoms in total. The SMILES string of the molecule is CC(C)(C)OC(=O)c1n[nH]nc1-c1cnccn1. The van der Waals surface area contributed by atoms with Crippen molar-refractivity contribution in [1.29, 1.82) is 0 Å². The largest absolute Gasteiger partial charge is 0.455 e. The third-order valence-corrected chi connectivity index (χ3v) is 1.95. The number of carbonyl (C=O) groups excluding carboxylic acids is 1. The van der Waals surface area contributed by atoms with Gasteiger partial charge in [0.25, 0.3) is 0 Å². The predicted octanol–water partition coefficient (Wildman–Crippen LogP) is 1.22. The number of aromatic nitrogens is 5. The van der Waals surface area contributed by atoms with Crippen molar-refractivity contribution in [3.63, 3.8) is 0 Å². The minimum Gasteiger partial charge on any atom is -0.455 e. The van der Waals surface area contributed by atoms with Crippen molar-refractivity contribution in [3.8, 4) is 11.4 Å². The molecule has 2 aromatic rings. The van der Waals surface area contributed by atoms with E-state index >= 15 is 0 Å². The molecule has 2 rings (SSSR count). The van der Waals surface area contributed by atoms with Crippen molar-refractivity contribution in [1.82, 2.24) is 25.4 Å². The second kappa shape index (κ2) is 4.52. The average Bonchev–Trinajstić information content (AvgIpc) is 2.76. The lowest BCUT2D eigenvalue weighted by atomic mass is 10.2. The van der Waals surface area contributed by atoms with E-state index in [4.69, 9.17) is 4.74 Å². The fraction of sp³-hybridized carbons (Fsp3) is 0.364. The van der Waals surface area contributed by atoms with E-state index in [1.165, 1.54) is 18.6 Å². The number of nitrogens with one attached hydrogen (secondary N) is 1. The third-order valence-electron chi connectivity index (χ3n) is 1.95. The summed E-state index contributed by atoms with van der Waals surface area (Å²) in [6, 6.07) is 0. The number of carbonyl (C=O) groups is 1. The zero-order valence-electron chi connectivity index (χ0n) is 10.3. The van der Waals surface area contributed by atoms with Gasteiger partial charge >= 0.3 is 5.97 Å². The van der Waals surface area contributed by atoms with Crippen molar-refractivity contribution < 1.29 is 9.53 Å². The van der Waals surface area contributed by atoms with Gasteiger partial charge in [-0.05, 0) is 20.8 Å². The Morgan fingerprint density at radius 1 is 1.28 bits per heavy atom. The van der Waals surface area contributed by atoms with Crippen LogP contribution in [0.5, 0.6) is 0 Å². The lowest BCUT2D eigenvalue weighted by molar-refractivity contribution is 0.00637. The summed E-state index contributed by atoms with van der Waals surface area (Å²) in [6.07, 6.45) is 4.56. The highest BCUT2D eigenvalue weighted by Gasteiger charge is 2.24. The Bertz CT molecular complexity index is 544. The number of rotatable bonds is 2. The second-order valence-corrected chi connectivity index (χ2v) is 4.61. The number of H-pyrrole nitrogens is 1. The van der Waals surface area contributed by atoms with Gasteiger partial charge in [0.15, 0.2) is 5.69 Å². The standard InChI is InChI=1S/C11H13N5O2/c1-11(2,3)18-10(17)9-8(14-16-15-9)7-6-12-4-5-13-7/h4-6H,1-3H3,(H,14,15,16). The van der Waals surface area contributed by atoms with Crippen LogP contribution in [0.3, 0.4) is 0 Å². The smallest absolute Gasteiger partial charge is 0.361 e. The summed E-state index contributed by atoms with van der Waals surface area (Å²) in [4.78, 5) is 19.9. The van der Waals surface area contributed by atoms with Crippen LogP contribution < -0.4 is 0 Å². The van der Waals surface area contributed by atoms with Crippen LogP contribution in [-0.2, 0) is 4.74 Å². The second-order valence-electron chi connectivity index (χ2n) is 4.61. The number of aromatic amines is 1.